The number of hydrogen-bond donors (Lipinski definition) is 1. The SMILES string of the molecule is CCOC1CC(NC(C)c2cccc(C#N)c2)C1(C)C. The summed E-state index contributed by atoms with van der Waals surface area (Å²) < 4.78 is 5.76. The van der Waals surface area contributed by atoms with Crippen molar-refractivity contribution in [3.63, 3.8) is 0 Å². The van der Waals surface area contributed by atoms with Gasteiger partial charge in [-0.3, -0.25) is 0 Å². The highest BCUT2D eigenvalue weighted by Gasteiger charge is 2.49. The first-order valence-corrected chi connectivity index (χ1v) is 7.36. The van der Waals surface area contributed by atoms with Crippen LogP contribution < -0.4 is 5.32 Å². The van der Waals surface area contributed by atoms with Crippen LogP contribution in [0, 0.1) is 16.7 Å². The Balaban J connectivity index is 1.99. The van der Waals surface area contributed by atoms with E-state index in [1.165, 1.54) is 5.56 Å². The molecule has 0 aromatic heterocycles. The summed E-state index contributed by atoms with van der Waals surface area (Å²) in [4.78, 5) is 0. The van der Waals surface area contributed by atoms with Gasteiger partial charge in [-0.1, -0.05) is 26.0 Å². The number of benzene rings is 1. The van der Waals surface area contributed by atoms with Crippen LogP contribution >= 0.6 is 0 Å². The lowest BCUT2D eigenvalue weighted by atomic mass is 9.64. The van der Waals surface area contributed by atoms with Crippen molar-refractivity contribution in [1.82, 2.24) is 5.32 Å². The maximum atomic E-state index is 8.97. The molecule has 3 atom stereocenters. The van der Waals surface area contributed by atoms with Gasteiger partial charge in [0.2, 0.25) is 0 Å². The first kappa shape index (κ1) is 15.0. The van der Waals surface area contributed by atoms with E-state index in [0.29, 0.717) is 12.1 Å². The molecule has 0 aliphatic heterocycles. The average Bonchev–Trinajstić information content (AvgIpc) is 2.46. The largest absolute Gasteiger partial charge is 0.378 e. The highest BCUT2D eigenvalue weighted by Crippen LogP contribution is 2.43. The van der Waals surface area contributed by atoms with E-state index < -0.39 is 0 Å². The zero-order chi connectivity index (χ0) is 14.8. The highest BCUT2D eigenvalue weighted by molar-refractivity contribution is 5.34. The van der Waals surface area contributed by atoms with Crippen molar-refractivity contribution in [3.8, 4) is 6.07 Å². The highest BCUT2D eigenvalue weighted by atomic mass is 16.5. The number of hydrogen-bond acceptors (Lipinski definition) is 3. The molecule has 1 aliphatic rings. The van der Waals surface area contributed by atoms with Gasteiger partial charge in [-0.25, -0.2) is 0 Å². The van der Waals surface area contributed by atoms with Gasteiger partial charge in [-0.2, -0.15) is 5.26 Å². The summed E-state index contributed by atoms with van der Waals surface area (Å²) >= 11 is 0. The summed E-state index contributed by atoms with van der Waals surface area (Å²) in [7, 11) is 0. The second-order valence-electron chi connectivity index (χ2n) is 6.18. The fraction of sp³-hybridized carbons (Fsp3) is 0.588. The zero-order valence-electron chi connectivity index (χ0n) is 12.8. The maximum Gasteiger partial charge on any atom is 0.0991 e. The first-order valence-electron chi connectivity index (χ1n) is 7.36. The Morgan fingerprint density at radius 2 is 2.25 bits per heavy atom. The van der Waals surface area contributed by atoms with Gasteiger partial charge in [0.15, 0.2) is 0 Å². The molecule has 20 heavy (non-hydrogen) atoms. The monoisotopic (exact) mass is 272 g/mol. The molecule has 108 valence electrons. The number of nitrogens with zero attached hydrogens (tertiary/aromatic N) is 1. The van der Waals surface area contributed by atoms with E-state index in [4.69, 9.17) is 10.00 Å². The molecule has 1 aromatic rings. The maximum absolute atomic E-state index is 8.97. The van der Waals surface area contributed by atoms with Crippen LogP contribution in [0.15, 0.2) is 24.3 Å². The molecule has 1 N–H and O–H groups in total. The number of nitriles is 1. The summed E-state index contributed by atoms with van der Waals surface area (Å²) in [6.45, 7) is 9.49. The summed E-state index contributed by atoms with van der Waals surface area (Å²) in [6, 6.07) is 10.7. The Labute approximate surface area is 121 Å². The van der Waals surface area contributed by atoms with Crippen molar-refractivity contribution < 1.29 is 4.74 Å². The minimum atomic E-state index is 0.164. The van der Waals surface area contributed by atoms with E-state index in [9.17, 15) is 0 Å². The van der Waals surface area contributed by atoms with Crippen LogP contribution in [0.5, 0.6) is 0 Å². The molecule has 1 aliphatic carbocycles. The van der Waals surface area contributed by atoms with Crippen LogP contribution in [0.2, 0.25) is 0 Å². The summed E-state index contributed by atoms with van der Waals surface area (Å²) in [5.41, 5.74) is 2.05. The predicted octanol–water partition coefficient (Wildman–Crippen LogP) is 3.41. The summed E-state index contributed by atoms with van der Waals surface area (Å²) in [5, 5.41) is 12.6. The zero-order valence-corrected chi connectivity index (χ0v) is 12.8. The summed E-state index contributed by atoms with van der Waals surface area (Å²) in [6.07, 6.45) is 1.41. The van der Waals surface area contributed by atoms with Crippen molar-refractivity contribution in [2.24, 2.45) is 5.41 Å². The Hall–Kier alpha value is -1.37. The number of rotatable bonds is 5. The second kappa shape index (κ2) is 5.95. The average molecular weight is 272 g/mol. The fourth-order valence-corrected chi connectivity index (χ4v) is 2.93. The minimum absolute atomic E-state index is 0.164. The van der Waals surface area contributed by atoms with Crippen LogP contribution in [0.3, 0.4) is 0 Å². The van der Waals surface area contributed by atoms with Crippen molar-refractivity contribution in [2.75, 3.05) is 6.61 Å². The van der Waals surface area contributed by atoms with Gasteiger partial charge in [0.05, 0.1) is 17.7 Å². The fourth-order valence-electron chi connectivity index (χ4n) is 2.93. The van der Waals surface area contributed by atoms with Gasteiger partial charge in [0.25, 0.3) is 0 Å². The molecule has 0 radical (unpaired) electrons. The smallest absolute Gasteiger partial charge is 0.0991 e. The lowest BCUT2D eigenvalue weighted by molar-refractivity contribution is -0.116. The summed E-state index contributed by atoms with van der Waals surface area (Å²) in [5.74, 6) is 0. The van der Waals surface area contributed by atoms with Gasteiger partial charge in [0, 0.05) is 24.1 Å². The molecule has 0 spiro atoms. The molecular formula is C17H24N2O. The standard InChI is InChI=1S/C17H24N2O/c1-5-20-16-10-15(17(16,3)4)19-12(2)14-8-6-7-13(9-14)11-18/h6-9,12,15-16,19H,5,10H2,1-4H3. The predicted molar refractivity (Wildman–Crippen MR) is 80.3 cm³/mol. The van der Waals surface area contributed by atoms with E-state index in [1.54, 1.807) is 0 Å². The van der Waals surface area contributed by atoms with Gasteiger partial charge < -0.3 is 10.1 Å². The van der Waals surface area contributed by atoms with Crippen molar-refractivity contribution in [1.29, 1.82) is 5.26 Å². The van der Waals surface area contributed by atoms with E-state index in [2.05, 4.69) is 38.2 Å². The number of nitrogens with one attached hydrogen (secondary N) is 1. The van der Waals surface area contributed by atoms with E-state index in [1.807, 2.05) is 25.1 Å². The second-order valence-corrected chi connectivity index (χ2v) is 6.18. The molecule has 3 nitrogen and oxygen atoms in total. The van der Waals surface area contributed by atoms with Crippen molar-refractivity contribution in [3.05, 3.63) is 35.4 Å². The minimum Gasteiger partial charge on any atom is -0.378 e. The van der Waals surface area contributed by atoms with Gasteiger partial charge >= 0.3 is 0 Å². The molecule has 2 rings (SSSR count). The third-order valence-corrected chi connectivity index (χ3v) is 4.51. The normalized spacial score (nSPS) is 25.6. The van der Waals surface area contributed by atoms with Gasteiger partial charge in [0.1, 0.15) is 0 Å². The molecule has 0 amide bonds. The molecule has 0 heterocycles. The van der Waals surface area contributed by atoms with Crippen LogP contribution in [-0.4, -0.2) is 18.8 Å². The van der Waals surface area contributed by atoms with E-state index in [0.717, 1.165) is 18.6 Å². The molecule has 1 saturated carbocycles. The van der Waals surface area contributed by atoms with Gasteiger partial charge in [-0.15, -0.1) is 0 Å². The lowest BCUT2D eigenvalue weighted by Crippen LogP contribution is -2.61. The third-order valence-electron chi connectivity index (χ3n) is 4.51. The topological polar surface area (TPSA) is 45.0 Å². The Bertz CT molecular complexity index is 504. The van der Waals surface area contributed by atoms with Crippen LogP contribution in [-0.2, 0) is 4.74 Å². The Morgan fingerprint density at radius 1 is 1.50 bits per heavy atom. The molecule has 1 aromatic carbocycles. The Kier molecular flexibility index (Phi) is 4.47. The van der Waals surface area contributed by atoms with E-state index in [-0.39, 0.29) is 11.5 Å². The lowest BCUT2D eigenvalue weighted by Gasteiger charge is -2.52. The van der Waals surface area contributed by atoms with Gasteiger partial charge in [-0.05, 0) is 38.0 Å². The molecule has 1 fully saturated rings. The van der Waals surface area contributed by atoms with Crippen molar-refractivity contribution in [2.45, 2.75) is 52.3 Å². The molecular weight excluding hydrogens is 248 g/mol. The van der Waals surface area contributed by atoms with Crippen LogP contribution in [0.1, 0.15) is 51.3 Å². The number of ether oxygens (including phenoxy) is 1. The third kappa shape index (κ3) is 2.87. The molecule has 0 bridgehead atoms. The van der Waals surface area contributed by atoms with E-state index >= 15 is 0 Å². The first-order chi connectivity index (χ1) is 9.48. The van der Waals surface area contributed by atoms with Crippen LogP contribution in [0.25, 0.3) is 0 Å². The van der Waals surface area contributed by atoms with Crippen molar-refractivity contribution >= 4 is 0 Å². The van der Waals surface area contributed by atoms with Crippen LogP contribution in [0.4, 0.5) is 0 Å². The molecule has 0 saturated heterocycles. The quantitative estimate of drug-likeness (QED) is 0.893. The molecule has 3 heteroatoms. The molecule has 3 unspecified atom stereocenters. The Morgan fingerprint density at radius 3 is 2.85 bits per heavy atom.